The predicted octanol–water partition coefficient (Wildman–Crippen LogP) is 6.16. The van der Waals surface area contributed by atoms with E-state index in [0.29, 0.717) is 22.7 Å². The van der Waals surface area contributed by atoms with Gasteiger partial charge in [-0.25, -0.2) is 0 Å². The average Bonchev–Trinajstić information content (AvgIpc) is 3.34. The van der Waals surface area contributed by atoms with Gasteiger partial charge in [0.05, 0.1) is 18.4 Å². The molecule has 2 heterocycles. The fraction of sp³-hybridized carbons (Fsp3) is 0.125. The van der Waals surface area contributed by atoms with Crippen molar-refractivity contribution in [1.82, 2.24) is 4.57 Å². The van der Waals surface area contributed by atoms with Crippen LogP contribution in [0.5, 0.6) is 17.2 Å². The first-order valence-corrected chi connectivity index (χ1v) is 13.8. The normalized spacial score (nSPS) is 15.1. The molecule has 1 aliphatic heterocycles. The molecule has 1 amide bonds. The number of phenols is 2. The predicted molar refractivity (Wildman–Crippen MR) is 159 cm³/mol. The third-order valence-electron chi connectivity index (χ3n) is 7.17. The van der Waals surface area contributed by atoms with Gasteiger partial charge in [-0.3, -0.25) is 19.1 Å². The molecule has 1 unspecified atom stereocenters. The largest absolute Gasteiger partial charge is 0.508 e. The van der Waals surface area contributed by atoms with E-state index < -0.39 is 0 Å². The first kappa shape index (κ1) is 25.6. The lowest BCUT2D eigenvalue weighted by molar-refractivity contribution is -0.115. The number of thioether (sulfide) groups is 1. The van der Waals surface area contributed by atoms with E-state index in [1.807, 2.05) is 67.6 Å². The smallest absolute Gasteiger partial charge is 0.255 e. The Morgan fingerprint density at radius 3 is 2.15 bits per heavy atom. The summed E-state index contributed by atoms with van der Waals surface area (Å²) in [5.74, 6) is 0.883. The van der Waals surface area contributed by atoms with Crippen molar-refractivity contribution in [2.24, 2.45) is 0 Å². The fourth-order valence-corrected chi connectivity index (χ4v) is 6.35. The first-order chi connectivity index (χ1) is 19.3. The van der Waals surface area contributed by atoms with Gasteiger partial charge in [0.25, 0.3) is 5.56 Å². The van der Waals surface area contributed by atoms with E-state index in [0.717, 1.165) is 33.3 Å². The number of methoxy groups -OCH3 is 1. The minimum absolute atomic E-state index is 0.00390. The van der Waals surface area contributed by atoms with Crippen LogP contribution in [0.3, 0.4) is 0 Å². The SMILES string of the molecule is COc1ccc(C2SCC(=O)N2c2ccc(-c3ccc(-n4c(=O)cc(C)c5ccc(O)cc54)cc3)cc2)cc1O. The molecule has 0 bridgehead atoms. The van der Waals surface area contributed by atoms with Gasteiger partial charge in [0.2, 0.25) is 5.91 Å². The Kier molecular flexibility index (Phi) is 6.48. The van der Waals surface area contributed by atoms with Gasteiger partial charge in [0.15, 0.2) is 11.5 Å². The number of nitrogens with zero attached hydrogens (tertiary/aromatic N) is 2. The van der Waals surface area contributed by atoms with E-state index >= 15 is 0 Å². The molecule has 1 aliphatic rings. The summed E-state index contributed by atoms with van der Waals surface area (Å²) in [5, 5.41) is 20.9. The van der Waals surface area contributed by atoms with E-state index in [1.54, 1.807) is 39.8 Å². The van der Waals surface area contributed by atoms with Crippen LogP contribution in [0, 0.1) is 6.92 Å². The molecule has 0 radical (unpaired) electrons. The fourth-order valence-electron chi connectivity index (χ4n) is 5.18. The van der Waals surface area contributed by atoms with Crippen molar-refractivity contribution in [3.05, 3.63) is 112 Å². The van der Waals surface area contributed by atoms with Crippen molar-refractivity contribution < 1.29 is 19.7 Å². The number of anilines is 1. The maximum atomic E-state index is 12.9. The van der Waals surface area contributed by atoms with Gasteiger partial charge < -0.3 is 14.9 Å². The molecule has 1 saturated heterocycles. The second-order valence-electron chi connectivity index (χ2n) is 9.65. The lowest BCUT2D eigenvalue weighted by Gasteiger charge is -2.25. The van der Waals surface area contributed by atoms with Crippen LogP contribution in [0.25, 0.3) is 27.7 Å². The van der Waals surface area contributed by atoms with Crippen molar-refractivity contribution in [2.75, 3.05) is 17.8 Å². The van der Waals surface area contributed by atoms with Gasteiger partial charge in [-0.15, -0.1) is 11.8 Å². The minimum atomic E-state index is -0.253. The van der Waals surface area contributed by atoms with Crippen molar-refractivity contribution >= 4 is 34.3 Å². The maximum Gasteiger partial charge on any atom is 0.255 e. The van der Waals surface area contributed by atoms with E-state index in [4.69, 9.17) is 4.74 Å². The van der Waals surface area contributed by atoms with Crippen LogP contribution in [0.4, 0.5) is 5.69 Å². The number of rotatable bonds is 5. The third kappa shape index (κ3) is 4.46. The zero-order chi connectivity index (χ0) is 28.0. The number of carbonyl (C=O) groups excluding carboxylic acids is 1. The van der Waals surface area contributed by atoms with Gasteiger partial charge in [0, 0.05) is 28.9 Å². The molecule has 1 fully saturated rings. The molecule has 0 aliphatic carbocycles. The average molecular weight is 551 g/mol. The molecular formula is C32H26N2O5S. The number of aromatic hydroxyl groups is 2. The highest BCUT2D eigenvalue weighted by molar-refractivity contribution is 8.00. The van der Waals surface area contributed by atoms with Crippen LogP contribution in [0.1, 0.15) is 16.5 Å². The van der Waals surface area contributed by atoms with E-state index in [1.165, 1.54) is 18.9 Å². The number of phenolic OH excluding ortho intramolecular Hbond substituents is 2. The number of hydrogen-bond acceptors (Lipinski definition) is 6. The third-order valence-corrected chi connectivity index (χ3v) is 8.38. The summed E-state index contributed by atoms with van der Waals surface area (Å²) in [4.78, 5) is 27.5. The van der Waals surface area contributed by atoms with Gasteiger partial charge in [-0.05, 0) is 77.7 Å². The first-order valence-electron chi connectivity index (χ1n) is 12.7. The Bertz CT molecular complexity index is 1810. The Hall–Kier alpha value is -4.69. The molecule has 8 heteroatoms. The highest BCUT2D eigenvalue weighted by Gasteiger charge is 2.34. The monoisotopic (exact) mass is 550 g/mol. The van der Waals surface area contributed by atoms with Crippen molar-refractivity contribution in [1.29, 1.82) is 0 Å². The number of carbonyl (C=O) groups is 1. The molecule has 7 nitrogen and oxygen atoms in total. The second-order valence-corrected chi connectivity index (χ2v) is 10.7. The van der Waals surface area contributed by atoms with Crippen LogP contribution in [-0.2, 0) is 4.79 Å². The lowest BCUT2D eigenvalue weighted by Crippen LogP contribution is -2.27. The number of benzene rings is 4. The Morgan fingerprint density at radius 1 is 0.825 bits per heavy atom. The summed E-state index contributed by atoms with van der Waals surface area (Å²) >= 11 is 1.51. The molecular weight excluding hydrogens is 524 g/mol. The Balaban J connectivity index is 1.29. The van der Waals surface area contributed by atoms with Crippen LogP contribution in [0.15, 0.2) is 95.8 Å². The number of ether oxygens (including phenoxy) is 1. The zero-order valence-electron chi connectivity index (χ0n) is 21.9. The van der Waals surface area contributed by atoms with Gasteiger partial charge in [-0.1, -0.05) is 30.3 Å². The zero-order valence-corrected chi connectivity index (χ0v) is 22.7. The number of fused-ring (bicyclic) bond motifs is 1. The number of hydrogen-bond donors (Lipinski definition) is 2. The Labute approximate surface area is 234 Å². The molecule has 2 N–H and O–H groups in total. The summed E-state index contributed by atoms with van der Waals surface area (Å²) in [6.45, 7) is 1.88. The van der Waals surface area contributed by atoms with E-state index in [9.17, 15) is 19.8 Å². The minimum Gasteiger partial charge on any atom is -0.508 e. The molecule has 1 aromatic heterocycles. The summed E-state index contributed by atoms with van der Waals surface area (Å²) in [6, 6.07) is 27.3. The van der Waals surface area contributed by atoms with E-state index in [2.05, 4.69) is 0 Å². The summed E-state index contributed by atoms with van der Waals surface area (Å²) in [6.07, 6.45) is 0. The van der Waals surface area contributed by atoms with Gasteiger partial charge in [-0.2, -0.15) is 0 Å². The van der Waals surface area contributed by atoms with E-state index in [-0.39, 0.29) is 28.3 Å². The molecule has 40 heavy (non-hydrogen) atoms. The number of aryl methyl sites for hydroxylation is 1. The van der Waals surface area contributed by atoms with Crippen LogP contribution < -0.4 is 15.2 Å². The topological polar surface area (TPSA) is 92.0 Å². The van der Waals surface area contributed by atoms with Crippen molar-refractivity contribution in [2.45, 2.75) is 12.3 Å². The molecule has 0 saturated carbocycles. The maximum absolute atomic E-state index is 12.9. The summed E-state index contributed by atoms with van der Waals surface area (Å²) in [5.41, 5.74) is 5.55. The standard InChI is InChI=1S/C32H26N2O5S/c1-19-15-30(37)33(27-17-25(35)12-13-26(19)27)23-8-3-20(4-9-23)21-5-10-24(11-6-21)34-31(38)18-40-32(34)22-7-14-29(39-2)28(36)16-22/h3-17,32,35-36H,18H2,1-2H3. The number of pyridine rings is 1. The van der Waals surface area contributed by atoms with Crippen molar-refractivity contribution in [3.8, 4) is 34.1 Å². The lowest BCUT2D eigenvalue weighted by atomic mass is 10.0. The number of amides is 1. The molecule has 5 aromatic rings. The molecule has 200 valence electrons. The summed E-state index contributed by atoms with van der Waals surface area (Å²) in [7, 11) is 1.50. The highest BCUT2D eigenvalue weighted by atomic mass is 32.2. The second kappa shape index (κ2) is 10.1. The van der Waals surface area contributed by atoms with Crippen LogP contribution >= 0.6 is 11.8 Å². The number of aromatic nitrogens is 1. The van der Waals surface area contributed by atoms with Crippen molar-refractivity contribution in [3.63, 3.8) is 0 Å². The summed E-state index contributed by atoms with van der Waals surface area (Å²) < 4.78 is 6.75. The quantitative estimate of drug-likeness (QED) is 0.272. The van der Waals surface area contributed by atoms with Gasteiger partial charge >= 0.3 is 0 Å². The Morgan fingerprint density at radius 2 is 1.50 bits per heavy atom. The molecule has 4 aromatic carbocycles. The van der Waals surface area contributed by atoms with Gasteiger partial charge in [0.1, 0.15) is 11.1 Å². The van der Waals surface area contributed by atoms with Crippen LogP contribution in [-0.4, -0.2) is 33.5 Å². The highest BCUT2D eigenvalue weighted by Crippen LogP contribution is 2.44. The van der Waals surface area contributed by atoms with Crippen LogP contribution in [0.2, 0.25) is 0 Å². The molecule has 0 spiro atoms. The molecule has 1 atom stereocenters. The molecule has 6 rings (SSSR count).